The molecular formula is C24H35N3O5. The first kappa shape index (κ1) is 22.9. The van der Waals surface area contributed by atoms with E-state index in [4.69, 9.17) is 9.47 Å². The summed E-state index contributed by atoms with van der Waals surface area (Å²) in [7, 11) is 0. The van der Waals surface area contributed by atoms with Gasteiger partial charge in [-0.25, -0.2) is 4.79 Å². The molecule has 0 aromatic heterocycles. The van der Waals surface area contributed by atoms with Crippen molar-refractivity contribution in [3.63, 3.8) is 0 Å². The molecule has 0 radical (unpaired) electrons. The molecule has 8 nitrogen and oxygen atoms in total. The van der Waals surface area contributed by atoms with Gasteiger partial charge in [0.1, 0.15) is 18.0 Å². The Bertz CT molecular complexity index is 811. The molecule has 4 rings (SSSR count). The van der Waals surface area contributed by atoms with Crippen LogP contribution in [0.25, 0.3) is 0 Å². The standard InChI is InChI=1S/C24H35N3O5/c1-2-10-25-22(29)13-17-12-19-18-11-16(27-24(30)26-15-6-4-3-5-7-15)8-9-20(18)32-23(19)21(14-28)31-17/h8-9,11,15,17,19,21,23,28H,2-7,10,12-14H2,1H3,(H,25,29)(H2,26,27,30)/t17-,19-,21+,23+/m1/s1. The first-order valence-electron chi connectivity index (χ1n) is 12.0. The normalized spacial score (nSPS) is 27.1. The van der Waals surface area contributed by atoms with Crippen molar-refractivity contribution in [3.05, 3.63) is 23.8 Å². The summed E-state index contributed by atoms with van der Waals surface area (Å²) < 4.78 is 12.1. The van der Waals surface area contributed by atoms with Crippen LogP contribution in [0.2, 0.25) is 0 Å². The summed E-state index contributed by atoms with van der Waals surface area (Å²) in [5, 5.41) is 18.8. The summed E-state index contributed by atoms with van der Waals surface area (Å²) in [5.41, 5.74) is 1.71. The summed E-state index contributed by atoms with van der Waals surface area (Å²) in [6, 6.07) is 5.71. The average molecular weight is 446 g/mol. The minimum absolute atomic E-state index is 0.00281. The highest BCUT2D eigenvalue weighted by Gasteiger charge is 2.46. The monoisotopic (exact) mass is 445 g/mol. The van der Waals surface area contributed by atoms with Crippen LogP contribution in [0, 0.1) is 0 Å². The summed E-state index contributed by atoms with van der Waals surface area (Å²) in [6.45, 7) is 2.49. The number of nitrogens with one attached hydrogen (secondary N) is 3. The number of ether oxygens (including phenoxy) is 2. The van der Waals surface area contributed by atoms with Gasteiger partial charge in [-0.15, -0.1) is 0 Å². The molecule has 1 saturated heterocycles. The number of urea groups is 1. The van der Waals surface area contributed by atoms with Crippen molar-refractivity contribution < 1.29 is 24.2 Å². The highest BCUT2D eigenvalue weighted by atomic mass is 16.6. The van der Waals surface area contributed by atoms with Crippen LogP contribution in [-0.2, 0) is 9.53 Å². The van der Waals surface area contributed by atoms with E-state index >= 15 is 0 Å². The molecule has 176 valence electrons. The zero-order valence-corrected chi connectivity index (χ0v) is 18.8. The van der Waals surface area contributed by atoms with Crippen molar-refractivity contribution in [1.82, 2.24) is 10.6 Å². The van der Waals surface area contributed by atoms with Crippen LogP contribution < -0.4 is 20.7 Å². The maximum absolute atomic E-state index is 12.5. The summed E-state index contributed by atoms with van der Waals surface area (Å²) in [5.74, 6) is 0.709. The van der Waals surface area contributed by atoms with Gasteiger partial charge in [-0.1, -0.05) is 26.2 Å². The number of amides is 3. The molecule has 4 atom stereocenters. The average Bonchev–Trinajstić information content (AvgIpc) is 3.15. The number of fused-ring (bicyclic) bond motifs is 3. The van der Waals surface area contributed by atoms with Gasteiger partial charge in [0.25, 0.3) is 0 Å². The second-order valence-electron chi connectivity index (χ2n) is 9.14. The van der Waals surface area contributed by atoms with Crippen molar-refractivity contribution in [2.24, 2.45) is 0 Å². The Kier molecular flexibility index (Phi) is 7.52. The van der Waals surface area contributed by atoms with Gasteiger partial charge in [-0.05, 0) is 43.9 Å². The number of carbonyl (C=O) groups excluding carboxylic acids is 2. The highest BCUT2D eigenvalue weighted by Crippen LogP contribution is 2.47. The molecule has 1 saturated carbocycles. The maximum atomic E-state index is 12.5. The van der Waals surface area contributed by atoms with Crippen molar-refractivity contribution in [1.29, 1.82) is 0 Å². The molecule has 4 N–H and O–H groups in total. The number of hydrogen-bond donors (Lipinski definition) is 4. The third-order valence-corrected chi connectivity index (χ3v) is 6.68. The minimum Gasteiger partial charge on any atom is -0.487 e. The topological polar surface area (TPSA) is 109 Å². The van der Waals surface area contributed by atoms with Crippen LogP contribution in [0.5, 0.6) is 5.75 Å². The molecule has 1 aliphatic carbocycles. The van der Waals surface area contributed by atoms with E-state index in [2.05, 4.69) is 16.0 Å². The maximum Gasteiger partial charge on any atom is 0.319 e. The van der Waals surface area contributed by atoms with Crippen LogP contribution >= 0.6 is 0 Å². The Morgan fingerprint density at radius 2 is 2.00 bits per heavy atom. The first-order chi connectivity index (χ1) is 15.6. The second-order valence-corrected chi connectivity index (χ2v) is 9.14. The molecule has 3 aliphatic rings. The predicted molar refractivity (Wildman–Crippen MR) is 121 cm³/mol. The van der Waals surface area contributed by atoms with E-state index in [1.165, 1.54) is 6.42 Å². The Balaban J connectivity index is 1.42. The molecule has 0 unspecified atom stereocenters. The van der Waals surface area contributed by atoms with E-state index in [0.29, 0.717) is 18.7 Å². The van der Waals surface area contributed by atoms with Gasteiger partial charge in [-0.2, -0.15) is 0 Å². The van der Waals surface area contributed by atoms with Crippen molar-refractivity contribution in [2.45, 2.75) is 88.6 Å². The molecule has 1 aromatic rings. The lowest BCUT2D eigenvalue weighted by Gasteiger charge is -2.37. The van der Waals surface area contributed by atoms with E-state index in [-0.39, 0.29) is 49.1 Å². The third-order valence-electron chi connectivity index (χ3n) is 6.68. The van der Waals surface area contributed by atoms with E-state index in [1.54, 1.807) is 0 Å². The first-order valence-corrected chi connectivity index (χ1v) is 12.0. The van der Waals surface area contributed by atoms with E-state index in [9.17, 15) is 14.7 Å². The SMILES string of the molecule is CCCNC(=O)C[C@H]1C[C@@H]2c3cc(NC(=O)NC4CCCCC4)ccc3O[C@@H]2[C@H](CO)O1. The number of aliphatic hydroxyl groups is 1. The van der Waals surface area contributed by atoms with Crippen molar-refractivity contribution in [2.75, 3.05) is 18.5 Å². The molecule has 1 aromatic carbocycles. The van der Waals surface area contributed by atoms with Crippen LogP contribution in [0.15, 0.2) is 18.2 Å². The van der Waals surface area contributed by atoms with Crippen LogP contribution in [0.4, 0.5) is 10.5 Å². The molecular weight excluding hydrogens is 410 g/mol. The number of benzene rings is 1. The van der Waals surface area contributed by atoms with Crippen molar-refractivity contribution >= 4 is 17.6 Å². The molecule has 2 aliphatic heterocycles. The number of anilines is 1. The Labute approximate surface area is 189 Å². The molecule has 8 heteroatoms. The van der Waals surface area contributed by atoms with Gasteiger partial charge in [0, 0.05) is 29.8 Å². The number of rotatable bonds is 7. The van der Waals surface area contributed by atoms with E-state index in [0.717, 1.165) is 43.4 Å². The van der Waals surface area contributed by atoms with Gasteiger partial charge in [0.05, 0.1) is 19.1 Å². The van der Waals surface area contributed by atoms with Gasteiger partial charge < -0.3 is 30.5 Å². The van der Waals surface area contributed by atoms with Gasteiger partial charge in [0.2, 0.25) is 5.91 Å². The summed E-state index contributed by atoms with van der Waals surface area (Å²) in [4.78, 5) is 24.7. The Hall–Kier alpha value is -2.32. The molecule has 2 fully saturated rings. The fraction of sp³-hybridized carbons (Fsp3) is 0.667. The molecule has 3 amide bonds. The van der Waals surface area contributed by atoms with E-state index < -0.39 is 6.10 Å². The number of carbonyl (C=O) groups is 2. The lowest BCUT2D eigenvalue weighted by Crippen LogP contribution is -2.47. The molecule has 32 heavy (non-hydrogen) atoms. The smallest absolute Gasteiger partial charge is 0.319 e. The molecule has 0 spiro atoms. The van der Waals surface area contributed by atoms with Crippen LogP contribution in [0.3, 0.4) is 0 Å². The van der Waals surface area contributed by atoms with Gasteiger partial charge in [0.15, 0.2) is 0 Å². The lowest BCUT2D eigenvalue weighted by atomic mass is 9.84. The second kappa shape index (κ2) is 10.5. The molecule has 0 bridgehead atoms. The predicted octanol–water partition coefficient (Wildman–Crippen LogP) is 3.05. The van der Waals surface area contributed by atoms with Gasteiger partial charge in [-0.3, -0.25) is 4.79 Å². The minimum atomic E-state index is -0.490. The number of hydrogen-bond acceptors (Lipinski definition) is 5. The third kappa shape index (κ3) is 5.35. The highest BCUT2D eigenvalue weighted by molar-refractivity contribution is 5.89. The molecule has 2 heterocycles. The largest absolute Gasteiger partial charge is 0.487 e. The quantitative estimate of drug-likeness (QED) is 0.516. The van der Waals surface area contributed by atoms with E-state index in [1.807, 2.05) is 25.1 Å². The lowest BCUT2D eigenvalue weighted by molar-refractivity contribution is -0.142. The summed E-state index contributed by atoms with van der Waals surface area (Å²) >= 11 is 0. The number of aliphatic hydroxyl groups excluding tert-OH is 1. The summed E-state index contributed by atoms with van der Waals surface area (Å²) in [6.07, 6.45) is 6.34. The Morgan fingerprint density at radius 1 is 1.19 bits per heavy atom. The van der Waals surface area contributed by atoms with Crippen LogP contribution in [-0.4, -0.2) is 54.6 Å². The van der Waals surface area contributed by atoms with Crippen LogP contribution in [0.1, 0.15) is 69.8 Å². The zero-order valence-electron chi connectivity index (χ0n) is 18.8. The fourth-order valence-corrected chi connectivity index (χ4v) is 5.11. The Morgan fingerprint density at radius 3 is 2.75 bits per heavy atom. The van der Waals surface area contributed by atoms with Gasteiger partial charge >= 0.3 is 6.03 Å². The zero-order chi connectivity index (χ0) is 22.5. The fourth-order valence-electron chi connectivity index (χ4n) is 5.11. The van der Waals surface area contributed by atoms with Crippen molar-refractivity contribution in [3.8, 4) is 5.75 Å².